The molecule has 2 rings (SSSR count). The molecule has 1 aromatic heterocycles. The van der Waals surface area contributed by atoms with Crippen LogP contribution in [0.2, 0.25) is 0 Å². The van der Waals surface area contributed by atoms with E-state index in [9.17, 15) is 24.6 Å². The van der Waals surface area contributed by atoms with E-state index in [1.54, 1.807) is 45.2 Å². The highest BCUT2D eigenvalue weighted by Gasteiger charge is 2.36. The van der Waals surface area contributed by atoms with Crippen LogP contribution in [0.15, 0.2) is 54.7 Å². The van der Waals surface area contributed by atoms with E-state index in [1.807, 2.05) is 30.3 Å². The summed E-state index contributed by atoms with van der Waals surface area (Å²) in [6.07, 6.45) is -1.02. The summed E-state index contributed by atoms with van der Waals surface area (Å²) in [6, 6.07) is 12.4. The van der Waals surface area contributed by atoms with Crippen molar-refractivity contribution in [2.75, 3.05) is 0 Å². The summed E-state index contributed by atoms with van der Waals surface area (Å²) in [5.41, 5.74) is 0.603. The molecule has 0 fully saturated rings. The van der Waals surface area contributed by atoms with Crippen LogP contribution < -0.4 is 10.6 Å². The van der Waals surface area contributed by atoms with Gasteiger partial charge >= 0.3 is 6.09 Å². The van der Waals surface area contributed by atoms with E-state index in [1.165, 1.54) is 6.92 Å². The van der Waals surface area contributed by atoms with Crippen LogP contribution in [0.1, 0.15) is 39.0 Å². The molecule has 3 atom stereocenters. The molecule has 0 spiro atoms. The SMILES string of the molecule is CC(C(=O)NC(Cc1ccccc1)C(O)C(=O)NCc1ccccn1)N(C(=O)O)C(C)(C)C. The number of rotatable bonds is 9. The maximum Gasteiger partial charge on any atom is 0.408 e. The Kier molecular flexibility index (Phi) is 8.93. The summed E-state index contributed by atoms with van der Waals surface area (Å²) in [5, 5.41) is 25.7. The number of aliphatic hydroxyl groups excluding tert-OH is 1. The number of aliphatic hydroxyl groups is 1. The largest absolute Gasteiger partial charge is 0.465 e. The van der Waals surface area contributed by atoms with E-state index in [0.717, 1.165) is 10.5 Å². The third-order valence-corrected chi connectivity index (χ3v) is 5.14. The van der Waals surface area contributed by atoms with Gasteiger partial charge in [-0.05, 0) is 51.8 Å². The molecule has 9 heteroatoms. The number of aromatic nitrogens is 1. The lowest BCUT2D eigenvalue weighted by atomic mass is 9.99. The number of hydrogen-bond donors (Lipinski definition) is 4. The molecular weight excluding hydrogens is 424 g/mol. The van der Waals surface area contributed by atoms with Crippen molar-refractivity contribution in [1.82, 2.24) is 20.5 Å². The molecule has 0 saturated carbocycles. The summed E-state index contributed by atoms with van der Waals surface area (Å²) < 4.78 is 0. The zero-order chi connectivity index (χ0) is 24.6. The molecular formula is C24H32N4O5. The zero-order valence-corrected chi connectivity index (χ0v) is 19.4. The molecule has 33 heavy (non-hydrogen) atoms. The van der Waals surface area contributed by atoms with Gasteiger partial charge in [0.2, 0.25) is 5.91 Å². The molecule has 2 aromatic rings. The van der Waals surface area contributed by atoms with Gasteiger partial charge in [0.1, 0.15) is 6.04 Å². The van der Waals surface area contributed by atoms with Crippen LogP contribution in [0.3, 0.4) is 0 Å². The Morgan fingerprint density at radius 2 is 1.67 bits per heavy atom. The maximum absolute atomic E-state index is 13.0. The quantitative estimate of drug-likeness (QED) is 0.456. The number of carboxylic acid groups (broad SMARTS) is 1. The monoisotopic (exact) mass is 456 g/mol. The smallest absolute Gasteiger partial charge is 0.408 e. The molecule has 9 nitrogen and oxygen atoms in total. The first-order valence-electron chi connectivity index (χ1n) is 10.7. The fraction of sp³-hybridized carbons (Fsp3) is 0.417. The zero-order valence-electron chi connectivity index (χ0n) is 19.4. The highest BCUT2D eigenvalue weighted by atomic mass is 16.4. The van der Waals surface area contributed by atoms with Gasteiger partial charge in [0.25, 0.3) is 5.91 Å². The van der Waals surface area contributed by atoms with Crippen molar-refractivity contribution in [2.24, 2.45) is 0 Å². The number of nitrogens with zero attached hydrogens (tertiary/aromatic N) is 2. The molecule has 0 aliphatic carbocycles. The highest BCUT2D eigenvalue weighted by Crippen LogP contribution is 2.18. The van der Waals surface area contributed by atoms with Crippen LogP contribution in [-0.4, -0.2) is 61.7 Å². The van der Waals surface area contributed by atoms with E-state index >= 15 is 0 Å². The van der Waals surface area contributed by atoms with Gasteiger partial charge in [0, 0.05) is 11.7 Å². The summed E-state index contributed by atoms with van der Waals surface area (Å²) in [5.74, 6) is -1.27. The second kappa shape index (κ2) is 11.4. The molecule has 0 radical (unpaired) electrons. The van der Waals surface area contributed by atoms with Crippen molar-refractivity contribution in [3.63, 3.8) is 0 Å². The molecule has 178 valence electrons. The van der Waals surface area contributed by atoms with Gasteiger partial charge in [-0.2, -0.15) is 0 Å². The Morgan fingerprint density at radius 1 is 1.03 bits per heavy atom. The number of carbonyl (C=O) groups excluding carboxylic acids is 2. The van der Waals surface area contributed by atoms with E-state index in [0.29, 0.717) is 5.69 Å². The first-order valence-corrected chi connectivity index (χ1v) is 10.7. The van der Waals surface area contributed by atoms with Crippen molar-refractivity contribution < 1.29 is 24.6 Å². The molecule has 0 aliphatic rings. The molecule has 0 aliphatic heterocycles. The van der Waals surface area contributed by atoms with Crippen molar-refractivity contribution >= 4 is 17.9 Å². The molecule has 0 saturated heterocycles. The van der Waals surface area contributed by atoms with Gasteiger partial charge in [-0.3, -0.25) is 19.5 Å². The minimum absolute atomic E-state index is 0.121. The first kappa shape index (κ1) is 25.8. The van der Waals surface area contributed by atoms with Crippen LogP contribution in [0.5, 0.6) is 0 Å². The molecule has 4 N–H and O–H groups in total. The minimum atomic E-state index is -1.56. The Hall–Kier alpha value is -3.46. The minimum Gasteiger partial charge on any atom is -0.465 e. The topological polar surface area (TPSA) is 132 Å². The molecule has 1 heterocycles. The molecule has 3 unspecified atom stereocenters. The summed E-state index contributed by atoms with van der Waals surface area (Å²) in [6.45, 7) is 6.66. The Labute approximate surface area is 193 Å². The van der Waals surface area contributed by atoms with E-state index in [4.69, 9.17) is 0 Å². The van der Waals surface area contributed by atoms with Crippen molar-refractivity contribution in [3.05, 3.63) is 66.0 Å². The van der Waals surface area contributed by atoms with Crippen LogP contribution in [0.25, 0.3) is 0 Å². The lowest BCUT2D eigenvalue weighted by Crippen LogP contribution is -2.59. The Morgan fingerprint density at radius 3 is 2.21 bits per heavy atom. The molecule has 0 bridgehead atoms. The van der Waals surface area contributed by atoms with Crippen molar-refractivity contribution in [2.45, 2.75) is 64.4 Å². The van der Waals surface area contributed by atoms with E-state index in [-0.39, 0.29) is 13.0 Å². The van der Waals surface area contributed by atoms with Crippen molar-refractivity contribution in [3.8, 4) is 0 Å². The van der Waals surface area contributed by atoms with Crippen LogP contribution in [0, 0.1) is 0 Å². The average Bonchev–Trinajstić information content (AvgIpc) is 2.76. The van der Waals surface area contributed by atoms with Gasteiger partial charge in [-0.25, -0.2) is 4.79 Å². The molecule has 1 aromatic carbocycles. The summed E-state index contributed by atoms with van der Waals surface area (Å²) >= 11 is 0. The number of nitrogens with one attached hydrogen (secondary N) is 2. The maximum atomic E-state index is 13.0. The van der Waals surface area contributed by atoms with Gasteiger partial charge in [0.05, 0.1) is 18.3 Å². The van der Waals surface area contributed by atoms with Gasteiger partial charge in [-0.1, -0.05) is 36.4 Å². The first-order chi connectivity index (χ1) is 15.5. The second-order valence-corrected chi connectivity index (χ2v) is 8.79. The normalized spacial score (nSPS) is 14.0. The number of carbonyl (C=O) groups is 3. The predicted molar refractivity (Wildman–Crippen MR) is 123 cm³/mol. The predicted octanol–water partition coefficient (Wildman–Crippen LogP) is 1.95. The average molecular weight is 457 g/mol. The number of pyridine rings is 1. The standard InChI is InChI=1S/C24H32N4O5/c1-16(28(23(32)33)24(2,3)4)21(30)27-19(14-17-10-6-5-7-11-17)20(29)22(31)26-15-18-12-8-9-13-25-18/h5-13,16,19-20,29H,14-15H2,1-4H3,(H,26,31)(H,27,30)(H,32,33). The van der Waals surface area contributed by atoms with Crippen LogP contribution in [-0.2, 0) is 22.6 Å². The number of hydrogen-bond acceptors (Lipinski definition) is 5. The number of benzene rings is 1. The summed E-state index contributed by atoms with van der Waals surface area (Å²) in [7, 11) is 0. The fourth-order valence-corrected chi connectivity index (χ4v) is 3.53. The lowest BCUT2D eigenvalue weighted by Gasteiger charge is -2.38. The Balaban J connectivity index is 2.17. The van der Waals surface area contributed by atoms with Gasteiger partial charge < -0.3 is 20.8 Å². The third-order valence-electron chi connectivity index (χ3n) is 5.14. The van der Waals surface area contributed by atoms with Gasteiger partial charge in [-0.15, -0.1) is 0 Å². The fourth-order valence-electron chi connectivity index (χ4n) is 3.53. The lowest BCUT2D eigenvalue weighted by molar-refractivity contribution is -0.134. The highest BCUT2D eigenvalue weighted by molar-refractivity contribution is 5.87. The third kappa shape index (κ3) is 7.57. The van der Waals surface area contributed by atoms with E-state index < -0.39 is 41.6 Å². The summed E-state index contributed by atoms with van der Waals surface area (Å²) in [4.78, 5) is 42.6. The van der Waals surface area contributed by atoms with Crippen LogP contribution in [0.4, 0.5) is 4.79 Å². The van der Waals surface area contributed by atoms with E-state index in [2.05, 4.69) is 15.6 Å². The Bertz CT molecular complexity index is 931. The molecule has 3 amide bonds. The van der Waals surface area contributed by atoms with Gasteiger partial charge in [0.15, 0.2) is 6.10 Å². The van der Waals surface area contributed by atoms with Crippen LogP contribution >= 0.6 is 0 Å². The second-order valence-electron chi connectivity index (χ2n) is 8.79. The number of amides is 3. The van der Waals surface area contributed by atoms with Crippen molar-refractivity contribution in [1.29, 1.82) is 0 Å².